The Bertz CT molecular complexity index is 1080. The van der Waals surface area contributed by atoms with E-state index in [1.54, 1.807) is 24.3 Å². The second kappa shape index (κ2) is 7.56. The molecule has 0 radical (unpaired) electrons. The Hall–Kier alpha value is -2.38. The summed E-state index contributed by atoms with van der Waals surface area (Å²) in [4.78, 5) is 30.3. The monoisotopic (exact) mass is 455 g/mol. The zero-order valence-electron chi connectivity index (χ0n) is 15.4. The molecule has 4 rings (SSSR count). The number of fused-ring (bicyclic) bond motifs is 2. The van der Waals surface area contributed by atoms with Gasteiger partial charge in [-0.05, 0) is 30.5 Å². The van der Waals surface area contributed by atoms with Crippen LogP contribution in [0.2, 0.25) is 0 Å². The highest BCUT2D eigenvalue weighted by molar-refractivity contribution is 9.10. The first-order chi connectivity index (χ1) is 13.4. The molecule has 0 bridgehead atoms. The highest BCUT2D eigenvalue weighted by Crippen LogP contribution is 2.31. The molecule has 0 unspecified atom stereocenters. The molecule has 1 N–H and O–H groups in total. The molecule has 0 aliphatic heterocycles. The molecule has 1 aromatic heterocycles. The molecule has 0 saturated heterocycles. The van der Waals surface area contributed by atoms with Gasteiger partial charge < -0.3 is 0 Å². The summed E-state index contributed by atoms with van der Waals surface area (Å²) in [6.45, 7) is 4.09. The van der Waals surface area contributed by atoms with Crippen LogP contribution in [0.5, 0.6) is 0 Å². The largest absolute Gasteiger partial charge is 0.293 e. The number of aromatic nitrogens is 1. The second-order valence-electron chi connectivity index (χ2n) is 7.15. The molecule has 0 spiro atoms. The maximum absolute atomic E-state index is 12.9. The Labute approximate surface area is 175 Å². The van der Waals surface area contributed by atoms with Crippen molar-refractivity contribution in [3.8, 4) is 0 Å². The Balaban J connectivity index is 1.66. The van der Waals surface area contributed by atoms with Crippen molar-refractivity contribution in [2.45, 2.75) is 20.3 Å². The van der Waals surface area contributed by atoms with Gasteiger partial charge in [0.15, 0.2) is 11.6 Å². The van der Waals surface area contributed by atoms with Gasteiger partial charge in [0.2, 0.25) is 5.13 Å². The number of thiazole rings is 1. The SMILES string of the molecule is CC(C)CC(=NNc1nc2ccc(Br)cc2s1)C1C(=O)c2ccccc2C1=O. The number of hydrazone groups is 1. The van der Waals surface area contributed by atoms with E-state index in [4.69, 9.17) is 0 Å². The summed E-state index contributed by atoms with van der Waals surface area (Å²) in [5.74, 6) is -0.933. The van der Waals surface area contributed by atoms with Crippen LogP contribution in [0.15, 0.2) is 52.0 Å². The molecule has 3 aromatic rings. The van der Waals surface area contributed by atoms with Gasteiger partial charge in [-0.3, -0.25) is 15.0 Å². The van der Waals surface area contributed by atoms with Crippen LogP contribution in [0, 0.1) is 11.8 Å². The first-order valence-corrected chi connectivity index (χ1v) is 10.6. The van der Waals surface area contributed by atoms with Crippen molar-refractivity contribution in [2.75, 3.05) is 5.43 Å². The van der Waals surface area contributed by atoms with E-state index in [9.17, 15) is 9.59 Å². The number of anilines is 1. The van der Waals surface area contributed by atoms with Crippen molar-refractivity contribution in [1.29, 1.82) is 0 Å². The number of carbonyl (C=O) groups excluding carboxylic acids is 2. The van der Waals surface area contributed by atoms with E-state index in [1.807, 2.05) is 32.0 Å². The van der Waals surface area contributed by atoms with Gasteiger partial charge in [0.05, 0.1) is 15.9 Å². The van der Waals surface area contributed by atoms with E-state index in [1.165, 1.54) is 11.3 Å². The molecule has 2 aromatic carbocycles. The number of nitrogens with one attached hydrogen (secondary N) is 1. The summed E-state index contributed by atoms with van der Waals surface area (Å²) < 4.78 is 2.01. The third-order valence-corrected chi connectivity index (χ3v) is 5.99. The number of ketones is 2. The Morgan fingerprint density at radius 1 is 1.18 bits per heavy atom. The van der Waals surface area contributed by atoms with Gasteiger partial charge in [-0.2, -0.15) is 5.10 Å². The third kappa shape index (κ3) is 3.52. The molecule has 0 amide bonds. The van der Waals surface area contributed by atoms with Crippen LogP contribution in [0.1, 0.15) is 41.0 Å². The standard InChI is InChI=1S/C21H18BrN3O2S/c1-11(2)9-16(18-19(26)13-5-3-4-6-14(13)20(18)27)24-25-21-23-15-8-7-12(22)10-17(15)28-21/h3-8,10-11,18H,9H2,1-2H3,(H,23,25). The normalized spacial score (nSPS) is 14.9. The Morgan fingerprint density at radius 2 is 1.86 bits per heavy atom. The summed E-state index contributed by atoms with van der Waals surface area (Å²) in [5.41, 5.74) is 5.38. The van der Waals surface area contributed by atoms with Gasteiger partial charge in [0.25, 0.3) is 0 Å². The van der Waals surface area contributed by atoms with Crippen molar-refractivity contribution in [1.82, 2.24) is 4.98 Å². The van der Waals surface area contributed by atoms with Gasteiger partial charge in [-0.1, -0.05) is 65.4 Å². The van der Waals surface area contributed by atoms with Crippen molar-refractivity contribution < 1.29 is 9.59 Å². The van der Waals surface area contributed by atoms with Crippen LogP contribution in [0.4, 0.5) is 5.13 Å². The molecule has 5 nitrogen and oxygen atoms in total. The molecular formula is C21H18BrN3O2S. The lowest BCUT2D eigenvalue weighted by Gasteiger charge is -2.13. The number of benzene rings is 2. The molecule has 1 heterocycles. The minimum absolute atomic E-state index is 0.171. The van der Waals surface area contributed by atoms with Gasteiger partial charge in [0, 0.05) is 15.6 Å². The highest BCUT2D eigenvalue weighted by atomic mass is 79.9. The molecule has 0 atom stereocenters. The summed E-state index contributed by atoms with van der Waals surface area (Å²) in [6, 6.07) is 12.8. The van der Waals surface area contributed by atoms with E-state index in [-0.39, 0.29) is 17.5 Å². The average Bonchev–Trinajstić information content (AvgIpc) is 3.17. The van der Waals surface area contributed by atoms with E-state index in [0.29, 0.717) is 28.4 Å². The lowest BCUT2D eigenvalue weighted by atomic mass is 9.91. The first kappa shape index (κ1) is 19.0. The molecule has 28 heavy (non-hydrogen) atoms. The molecule has 142 valence electrons. The average molecular weight is 456 g/mol. The molecular weight excluding hydrogens is 438 g/mol. The second-order valence-corrected chi connectivity index (χ2v) is 9.10. The highest BCUT2D eigenvalue weighted by Gasteiger charge is 2.41. The third-order valence-electron chi connectivity index (χ3n) is 4.58. The van der Waals surface area contributed by atoms with Crippen molar-refractivity contribution in [2.24, 2.45) is 16.9 Å². The van der Waals surface area contributed by atoms with Gasteiger partial charge in [-0.15, -0.1) is 0 Å². The Morgan fingerprint density at radius 3 is 2.50 bits per heavy atom. The van der Waals surface area contributed by atoms with Gasteiger partial charge >= 0.3 is 0 Å². The number of Topliss-reactive ketones (excluding diaryl/α,β-unsaturated/α-hetero) is 2. The first-order valence-electron chi connectivity index (χ1n) is 9.00. The van der Waals surface area contributed by atoms with Crippen LogP contribution >= 0.6 is 27.3 Å². The van der Waals surface area contributed by atoms with Crippen LogP contribution in [0.25, 0.3) is 10.2 Å². The zero-order valence-corrected chi connectivity index (χ0v) is 17.8. The summed E-state index contributed by atoms with van der Waals surface area (Å²) >= 11 is 4.93. The topological polar surface area (TPSA) is 71.4 Å². The van der Waals surface area contributed by atoms with Gasteiger partial charge in [0.1, 0.15) is 5.92 Å². The van der Waals surface area contributed by atoms with E-state index in [2.05, 4.69) is 31.4 Å². The summed E-state index contributed by atoms with van der Waals surface area (Å²) in [6.07, 6.45) is 0.555. The number of nitrogens with zero attached hydrogens (tertiary/aromatic N) is 2. The van der Waals surface area contributed by atoms with Crippen molar-refractivity contribution >= 4 is 59.9 Å². The number of carbonyl (C=O) groups is 2. The number of hydrogen-bond acceptors (Lipinski definition) is 6. The smallest absolute Gasteiger partial charge is 0.204 e. The summed E-state index contributed by atoms with van der Waals surface area (Å²) in [5, 5.41) is 5.11. The van der Waals surface area contributed by atoms with Crippen LogP contribution in [-0.2, 0) is 0 Å². The maximum atomic E-state index is 12.9. The molecule has 0 fully saturated rings. The van der Waals surface area contributed by atoms with Crippen molar-refractivity contribution in [3.63, 3.8) is 0 Å². The lowest BCUT2D eigenvalue weighted by Crippen LogP contribution is -2.27. The van der Waals surface area contributed by atoms with Crippen LogP contribution in [0.3, 0.4) is 0 Å². The molecule has 1 aliphatic rings. The van der Waals surface area contributed by atoms with E-state index in [0.717, 1.165) is 14.7 Å². The van der Waals surface area contributed by atoms with Crippen LogP contribution in [-0.4, -0.2) is 22.3 Å². The van der Waals surface area contributed by atoms with E-state index >= 15 is 0 Å². The molecule has 1 aliphatic carbocycles. The fourth-order valence-corrected chi connectivity index (χ4v) is 4.72. The lowest BCUT2D eigenvalue weighted by molar-refractivity contribution is 0.0882. The van der Waals surface area contributed by atoms with Gasteiger partial charge in [-0.25, -0.2) is 4.98 Å². The van der Waals surface area contributed by atoms with E-state index < -0.39 is 5.92 Å². The predicted octanol–water partition coefficient (Wildman–Crippen LogP) is 5.57. The minimum Gasteiger partial charge on any atom is -0.293 e. The maximum Gasteiger partial charge on any atom is 0.204 e. The fraction of sp³-hybridized carbons (Fsp3) is 0.238. The fourth-order valence-electron chi connectivity index (χ4n) is 3.36. The number of rotatable bonds is 5. The predicted molar refractivity (Wildman–Crippen MR) is 116 cm³/mol. The molecule has 0 saturated carbocycles. The minimum atomic E-state index is -0.851. The Kier molecular flexibility index (Phi) is 5.12. The number of hydrogen-bond donors (Lipinski definition) is 1. The van der Waals surface area contributed by atoms with Crippen LogP contribution < -0.4 is 5.43 Å². The van der Waals surface area contributed by atoms with Crippen molar-refractivity contribution in [3.05, 3.63) is 58.1 Å². The quantitative estimate of drug-likeness (QED) is 0.310. The molecule has 7 heteroatoms. The zero-order chi connectivity index (χ0) is 19.8. The summed E-state index contributed by atoms with van der Waals surface area (Å²) in [7, 11) is 0. The number of halogens is 1.